The molecule has 14 nitrogen and oxygen atoms in total. The van der Waals surface area contributed by atoms with Gasteiger partial charge >= 0.3 is 0 Å². The van der Waals surface area contributed by atoms with Gasteiger partial charge in [0.2, 0.25) is 27.7 Å². The van der Waals surface area contributed by atoms with Crippen LogP contribution >= 0.6 is 0 Å². The summed E-state index contributed by atoms with van der Waals surface area (Å²) < 4.78 is 59.1. The van der Waals surface area contributed by atoms with E-state index < -0.39 is 21.4 Å². The highest BCUT2D eigenvalue weighted by molar-refractivity contribution is 7.93. The molecule has 0 aliphatic rings. The van der Waals surface area contributed by atoms with E-state index in [-0.39, 0.29) is 23.4 Å². The monoisotopic (exact) mass is 601 g/mol. The second kappa shape index (κ2) is 13.9. The Bertz CT molecular complexity index is 1560. The fraction of sp³-hybridized carbons (Fsp3) is 0.370. The fourth-order valence-corrected chi connectivity index (χ4v) is 5.17. The van der Waals surface area contributed by atoms with Crippen LogP contribution in [0.4, 0.5) is 5.95 Å². The Morgan fingerprint density at radius 3 is 2.14 bits per heavy atom. The predicted octanol–water partition coefficient (Wildman–Crippen LogP) is 3.50. The highest BCUT2D eigenvalue weighted by Crippen LogP contribution is 2.38. The molecule has 2 heterocycles. The van der Waals surface area contributed by atoms with Crippen LogP contribution in [0.2, 0.25) is 0 Å². The molecule has 0 radical (unpaired) electrons. The maximum Gasteiger partial charge on any atom is 0.243 e. The first kappa shape index (κ1) is 32.0. The summed E-state index contributed by atoms with van der Waals surface area (Å²) in [5.41, 5.74) is 1.45. The van der Waals surface area contributed by atoms with Crippen molar-refractivity contribution in [3.8, 4) is 34.6 Å². The number of hydrogen-bond donors (Lipinski definition) is 1. The fourth-order valence-electron chi connectivity index (χ4n) is 4.03. The lowest BCUT2D eigenvalue weighted by atomic mass is 10.2. The molecule has 0 spiro atoms. The van der Waals surface area contributed by atoms with E-state index in [9.17, 15) is 8.42 Å². The molecule has 0 amide bonds. The maximum absolute atomic E-state index is 13.9. The first-order chi connectivity index (χ1) is 20.1. The number of nitrogens with zero attached hydrogens (tertiary/aromatic N) is 6. The zero-order valence-corrected chi connectivity index (χ0v) is 25.6. The number of aliphatic imine (C=N–C) groups is 2. The van der Waals surface area contributed by atoms with E-state index in [1.165, 1.54) is 47.0 Å². The molecule has 3 aromatic rings. The van der Waals surface area contributed by atoms with Gasteiger partial charge in [0.1, 0.15) is 39.9 Å². The van der Waals surface area contributed by atoms with Gasteiger partial charge in [-0.2, -0.15) is 0 Å². The molecule has 0 saturated carbocycles. The Hall–Kier alpha value is -4.50. The highest BCUT2D eigenvalue weighted by Gasteiger charge is 2.36. The normalized spacial score (nSPS) is 13.3. The summed E-state index contributed by atoms with van der Waals surface area (Å²) in [6.45, 7) is 8.55. The molecule has 15 heteroatoms. The minimum absolute atomic E-state index is 0.0761. The third-order valence-corrected chi connectivity index (χ3v) is 7.72. The van der Waals surface area contributed by atoms with Gasteiger partial charge in [-0.05, 0) is 45.7 Å². The van der Waals surface area contributed by atoms with Gasteiger partial charge in [0.25, 0.3) is 0 Å². The van der Waals surface area contributed by atoms with E-state index in [1.807, 2.05) is 0 Å². The number of methoxy groups -OCH3 is 5. The van der Waals surface area contributed by atoms with Gasteiger partial charge in [-0.25, -0.2) is 18.4 Å². The zero-order valence-electron chi connectivity index (χ0n) is 24.8. The molecule has 2 atom stereocenters. The molecular formula is C27H35N7O7S. The number of sulfonamides is 1. The van der Waals surface area contributed by atoms with E-state index in [0.717, 1.165) is 0 Å². The molecule has 1 aromatic carbocycles. The average Bonchev–Trinajstić information content (AvgIpc) is 3.39. The number of benzene rings is 1. The third-order valence-electron chi connectivity index (χ3n) is 6.03. The minimum Gasteiger partial charge on any atom is -0.494 e. The Kier molecular flexibility index (Phi) is 10.6. The van der Waals surface area contributed by atoms with Crippen molar-refractivity contribution in [3.05, 3.63) is 48.0 Å². The Morgan fingerprint density at radius 2 is 1.62 bits per heavy atom. The molecule has 3 rings (SSSR count). The standard InChI is InChI=1S/C27H35N7O7S/c1-16(2)29-26(41-9)22(28-4)24(40-8)17(3)42(35,36)33-27-32-31-25(18-12-10-15-21(30-18)39-7)34(27)23-19(37-5)13-11-14-20(23)38-6/h10-15,17,24H,4H2,1-3,5-9H3,(H,32,33)/b26-22+/t17-,24+/m0/s1. The smallest absolute Gasteiger partial charge is 0.243 e. The van der Waals surface area contributed by atoms with Gasteiger partial charge in [-0.15, -0.1) is 10.2 Å². The molecular weight excluding hydrogens is 566 g/mol. The second-order valence-electron chi connectivity index (χ2n) is 8.88. The molecule has 0 bridgehead atoms. The van der Waals surface area contributed by atoms with Gasteiger partial charge < -0.3 is 23.7 Å². The molecule has 226 valence electrons. The SMILES string of the molecule is C=N/C(=C(\N=C(C)C)OC)[C@H](OC)[C@H](C)S(=O)(=O)Nc1nnc(-c2cccc(OC)n2)n1-c1c(OC)cccc1OC. The Morgan fingerprint density at radius 1 is 0.976 bits per heavy atom. The number of hydrogen-bond acceptors (Lipinski definition) is 12. The number of para-hydroxylation sites is 1. The van der Waals surface area contributed by atoms with Crippen molar-refractivity contribution in [2.75, 3.05) is 40.3 Å². The minimum atomic E-state index is -4.25. The molecule has 2 aromatic heterocycles. The van der Waals surface area contributed by atoms with Crippen molar-refractivity contribution in [3.63, 3.8) is 0 Å². The molecule has 0 fully saturated rings. The Labute approximate surface area is 245 Å². The summed E-state index contributed by atoms with van der Waals surface area (Å²) in [4.78, 5) is 12.7. The first-order valence-corrected chi connectivity index (χ1v) is 14.1. The summed E-state index contributed by atoms with van der Waals surface area (Å²) in [5.74, 6) is 1.15. The van der Waals surface area contributed by atoms with Crippen LogP contribution in [0.3, 0.4) is 0 Å². The predicted molar refractivity (Wildman–Crippen MR) is 159 cm³/mol. The van der Waals surface area contributed by atoms with Crippen LogP contribution in [0.5, 0.6) is 17.4 Å². The molecule has 0 unspecified atom stereocenters. The number of ether oxygens (including phenoxy) is 5. The van der Waals surface area contributed by atoms with Crippen molar-refractivity contribution < 1.29 is 32.1 Å². The Balaban J connectivity index is 2.23. The molecule has 0 saturated heterocycles. The van der Waals surface area contributed by atoms with E-state index in [4.69, 9.17) is 23.7 Å². The van der Waals surface area contributed by atoms with Gasteiger partial charge in [0.05, 0.1) is 28.4 Å². The summed E-state index contributed by atoms with van der Waals surface area (Å²) in [6.07, 6.45) is -1.12. The van der Waals surface area contributed by atoms with Crippen molar-refractivity contribution >= 4 is 28.4 Å². The summed E-state index contributed by atoms with van der Waals surface area (Å²) >= 11 is 0. The second-order valence-corrected chi connectivity index (χ2v) is 10.9. The van der Waals surface area contributed by atoms with Crippen molar-refractivity contribution in [2.24, 2.45) is 9.98 Å². The van der Waals surface area contributed by atoms with E-state index in [0.29, 0.717) is 34.5 Å². The van der Waals surface area contributed by atoms with Crippen LogP contribution in [0, 0.1) is 0 Å². The largest absolute Gasteiger partial charge is 0.494 e. The van der Waals surface area contributed by atoms with Gasteiger partial charge in [-0.3, -0.25) is 14.3 Å². The quantitative estimate of drug-likeness (QED) is 0.214. The first-order valence-electron chi connectivity index (χ1n) is 12.6. The third kappa shape index (κ3) is 6.69. The zero-order chi connectivity index (χ0) is 31.0. The van der Waals surface area contributed by atoms with Crippen LogP contribution in [0.1, 0.15) is 20.8 Å². The summed E-state index contributed by atoms with van der Waals surface area (Å²) in [5, 5.41) is 7.22. The van der Waals surface area contributed by atoms with E-state index in [1.54, 1.807) is 50.2 Å². The molecule has 0 aliphatic carbocycles. The number of nitrogens with one attached hydrogen (secondary N) is 1. The highest BCUT2D eigenvalue weighted by atomic mass is 32.2. The van der Waals surface area contributed by atoms with E-state index >= 15 is 0 Å². The molecule has 0 aliphatic heterocycles. The topological polar surface area (TPSA) is 161 Å². The maximum atomic E-state index is 13.9. The van der Waals surface area contributed by atoms with Crippen molar-refractivity contribution in [1.29, 1.82) is 0 Å². The van der Waals surface area contributed by atoms with Crippen molar-refractivity contribution in [1.82, 2.24) is 19.7 Å². The van der Waals surface area contributed by atoms with Crippen LogP contribution in [-0.2, 0) is 19.5 Å². The molecule has 42 heavy (non-hydrogen) atoms. The summed E-state index contributed by atoms with van der Waals surface area (Å²) in [7, 11) is 2.94. The van der Waals surface area contributed by atoms with Gasteiger partial charge in [-0.1, -0.05) is 12.1 Å². The van der Waals surface area contributed by atoms with Crippen molar-refractivity contribution in [2.45, 2.75) is 32.1 Å². The van der Waals surface area contributed by atoms with Crippen LogP contribution in [0.25, 0.3) is 17.2 Å². The van der Waals surface area contributed by atoms with Crippen LogP contribution in [-0.4, -0.2) is 87.5 Å². The lowest BCUT2D eigenvalue weighted by Gasteiger charge is -2.24. The van der Waals surface area contributed by atoms with Gasteiger partial charge in [0.15, 0.2) is 5.82 Å². The number of rotatable bonds is 14. The van der Waals surface area contributed by atoms with Crippen LogP contribution < -0.4 is 18.9 Å². The van der Waals surface area contributed by atoms with Crippen LogP contribution in [0.15, 0.2) is 58.0 Å². The number of pyridine rings is 1. The molecule has 1 N–H and O–H groups in total. The lowest BCUT2D eigenvalue weighted by molar-refractivity contribution is 0.122. The van der Waals surface area contributed by atoms with E-state index in [2.05, 4.69) is 36.6 Å². The average molecular weight is 602 g/mol. The van der Waals surface area contributed by atoms with Gasteiger partial charge in [0, 0.05) is 18.9 Å². The number of aromatic nitrogens is 4. The summed E-state index contributed by atoms with van der Waals surface area (Å²) in [6, 6.07) is 10.2. The lowest BCUT2D eigenvalue weighted by Crippen LogP contribution is -2.38. The number of anilines is 1.